The van der Waals surface area contributed by atoms with E-state index in [1.54, 1.807) is 42.5 Å². The van der Waals surface area contributed by atoms with Crippen LogP contribution in [0.15, 0.2) is 76.3 Å². The number of hydrogen-bond acceptors (Lipinski definition) is 5. The molecule has 0 bridgehead atoms. The van der Waals surface area contributed by atoms with E-state index in [1.165, 1.54) is 13.3 Å². The largest absolute Gasteiger partial charge is 0.497 e. The number of carbonyl (C=O) groups is 2. The lowest BCUT2D eigenvalue weighted by molar-refractivity contribution is -0.118. The number of amides is 2. The molecule has 0 aliphatic heterocycles. The van der Waals surface area contributed by atoms with E-state index in [0.29, 0.717) is 27.2 Å². The number of aryl methyl sites for hydroxylation is 1. The first-order valence-electron chi connectivity index (χ1n) is 9.71. The van der Waals surface area contributed by atoms with Crippen LogP contribution in [-0.2, 0) is 4.79 Å². The first-order valence-corrected chi connectivity index (χ1v) is 10.5. The molecular formula is C24H22BrN3O4. The van der Waals surface area contributed by atoms with Crippen LogP contribution in [-0.4, -0.2) is 31.7 Å². The van der Waals surface area contributed by atoms with Crippen molar-refractivity contribution in [1.29, 1.82) is 0 Å². The molecule has 0 saturated heterocycles. The van der Waals surface area contributed by atoms with Crippen LogP contribution in [0.25, 0.3) is 0 Å². The SMILES string of the molecule is COc1cccc(C(=O)N/N=C/c2ccc(OCC(=O)Nc3ccc(C)cc3)c(Br)c2)c1. The second kappa shape index (κ2) is 11.1. The van der Waals surface area contributed by atoms with Crippen LogP contribution >= 0.6 is 15.9 Å². The smallest absolute Gasteiger partial charge is 0.271 e. The minimum absolute atomic E-state index is 0.128. The van der Waals surface area contributed by atoms with Crippen molar-refractivity contribution in [3.63, 3.8) is 0 Å². The average molecular weight is 496 g/mol. The van der Waals surface area contributed by atoms with Crippen LogP contribution in [0.3, 0.4) is 0 Å². The summed E-state index contributed by atoms with van der Waals surface area (Å²) in [6, 6.07) is 19.6. The van der Waals surface area contributed by atoms with Crippen LogP contribution in [0.5, 0.6) is 11.5 Å². The van der Waals surface area contributed by atoms with Gasteiger partial charge in [-0.3, -0.25) is 9.59 Å². The van der Waals surface area contributed by atoms with Crippen molar-refractivity contribution in [3.8, 4) is 11.5 Å². The number of nitrogens with zero attached hydrogens (tertiary/aromatic N) is 1. The molecule has 3 rings (SSSR count). The van der Waals surface area contributed by atoms with Gasteiger partial charge in [-0.05, 0) is 76.9 Å². The highest BCUT2D eigenvalue weighted by Gasteiger charge is 2.08. The van der Waals surface area contributed by atoms with Crippen LogP contribution in [0.1, 0.15) is 21.5 Å². The molecule has 0 saturated carbocycles. The number of rotatable bonds is 8. The number of carbonyl (C=O) groups excluding carboxylic acids is 2. The summed E-state index contributed by atoms with van der Waals surface area (Å²) in [5.41, 5.74) is 5.48. The van der Waals surface area contributed by atoms with Gasteiger partial charge in [-0.1, -0.05) is 23.8 Å². The number of nitrogens with one attached hydrogen (secondary N) is 2. The van der Waals surface area contributed by atoms with Crippen molar-refractivity contribution in [1.82, 2.24) is 5.43 Å². The Kier molecular flexibility index (Phi) is 7.99. The van der Waals surface area contributed by atoms with Gasteiger partial charge in [0.1, 0.15) is 11.5 Å². The van der Waals surface area contributed by atoms with Crippen molar-refractivity contribution in [2.24, 2.45) is 5.10 Å². The number of ether oxygens (including phenoxy) is 2. The summed E-state index contributed by atoms with van der Waals surface area (Å²) in [5.74, 6) is 0.501. The number of hydrazone groups is 1. The van der Waals surface area contributed by atoms with Gasteiger partial charge in [-0.25, -0.2) is 5.43 Å². The van der Waals surface area contributed by atoms with Gasteiger partial charge in [0.15, 0.2) is 6.61 Å². The van der Waals surface area contributed by atoms with E-state index in [0.717, 1.165) is 11.1 Å². The van der Waals surface area contributed by atoms with Gasteiger partial charge in [-0.15, -0.1) is 0 Å². The third-order valence-electron chi connectivity index (χ3n) is 4.36. The first kappa shape index (κ1) is 23.0. The molecule has 7 nitrogen and oxygen atoms in total. The maximum absolute atomic E-state index is 12.2. The highest BCUT2D eigenvalue weighted by molar-refractivity contribution is 9.10. The van der Waals surface area contributed by atoms with E-state index in [1.807, 2.05) is 31.2 Å². The molecule has 0 radical (unpaired) electrons. The van der Waals surface area contributed by atoms with Gasteiger partial charge < -0.3 is 14.8 Å². The lowest BCUT2D eigenvalue weighted by Crippen LogP contribution is -2.20. The Bertz CT molecular complexity index is 1130. The van der Waals surface area contributed by atoms with Crippen molar-refractivity contribution in [2.75, 3.05) is 19.0 Å². The van der Waals surface area contributed by atoms with Crippen molar-refractivity contribution in [3.05, 3.63) is 87.9 Å². The Morgan fingerprint density at radius 1 is 1.06 bits per heavy atom. The molecule has 0 aliphatic carbocycles. The van der Waals surface area contributed by atoms with E-state index in [9.17, 15) is 9.59 Å². The molecule has 164 valence electrons. The van der Waals surface area contributed by atoms with Gasteiger partial charge in [-0.2, -0.15) is 5.10 Å². The molecule has 32 heavy (non-hydrogen) atoms. The predicted octanol–water partition coefficient (Wildman–Crippen LogP) is 4.55. The molecule has 0 aromatic heterocycles. The monoisotopic (exact) mass is 495 g/mol. The Morgan fingerprint density at radius 3 is 2.56 bits per heavy atom. The number of anilines is 1. The van der Waals surface area contributed by atoms with Crippen molar-refractivity contribution < 1.29 is 19.1 Å². The Balaban J connectivity index is 1.52. The highest BCUT2D eigenvalue weighted by atomic mass is 79.9. The van der Waals surface area contributed by atoms with Crippen LogP contribution in [0.2, 0.25) is 0 Å². The zero-order valence-corrected chi connectivity index (χ0v) is 19.2. The van der Waals surface area contributed by atoms with E-state index < -0.39 is 0 Å². The van der Waals surface area contributed by atoms with E-state index >= 15 is 0 Å². The lowest BCUT2D eigenvalue weighted by atomic mass is 10.2. The summed E-state index contributed by atoms with van der Waals surface area (Å²) in [5, 5.41) is 6.76. The normalized spacial score (nSPS) is 10.6. The third kappa shape index (κ3) is 6.68. The zero-order valence-electron chi connectivity index (χ0n) is 17.6. The van der Waals surface area contributed by atoms with E-state index in [2.05, 4.69) is 31.8 Å². The molecular weight excluding hydrogens is 474 g/mol. The Labute approximate surface area is 194 Å². The van der Waals surface area contributed by atoms with Gasteiger partial charge in [0.2, 0.25) is 0 Å². The summed E-state index contributed by atoms with van der Waals surface area (Å²) in [6.45, 7) is 1.85. The minimum Gasteiger partial charge on any atom is -0.497 e. The zero-order chi connectivity index (χ0) is 22.9. The Hall–Kier alpha value is -3.65. The van der Waals surface area contributed by atoms with Crippen LogP contribution in [0, 0.1) is 6.92 Å². The second-order valence-corrected chi connectivity index (χ2v) is 7.68. The number of hydrogen-bond donors (Lipinski definition) is 2. The molecule has 3 aromatic carbocycles. The van der Waals surface area contributed by atoms with Gasteiger partial charge in [0.25, 0.3) is 11.8 Å². The quantitative estimate of drug-likeness (QED) is 0.354. The van der Waals surface area contributed by atoms with Gasteiger partial charge >= 0.3 is 0 Å². The fraction of sp³-hybridized carbons (Fsp3) is 0.125. The van der Waals surface area contributed by atoms with Crippen LogP contribution in [0.4, 0.5) is 5.69 Å². The maximum atomic E-state index is 12.2. The number of benzene rings is 3. The standard InChI is InChI=1S/C24H22BrN3O4/c1-16-6-9-19(10-7-16)27-23(29)15-32-22-11-8-17(12-21(22)25)14-26-28-24(30)18-4-3-5-20(13-18)31-2/h3-14H,15H2,1-2H3,(H,27,29)(H,28,30)/b26-14+. The number of methoxy groups -OCH3 is 1. The topological polar surface area (TPSA) is 89.0 Å². The summed E-state index contributed by atoms with van der Waals surface area (Å²) < 4.78 is 11.4. The fourth-order valence-corrected chi connectivity index (χ4v) is 3.20. The van der Waals surface area contributed by atoms with Crippen molar-refractivity contribution in [2.45, 2.75) is 6.92 Å². The molecule has 8 heteroatoms. The fourth-order valence-electron chi connectivity index (χ4n) is 2.69. The molecule has 3 aromatic rings. The van der Waals surface area contributed by atoms with E-state index in [-0.39, 0.29) is 18.4 Å². The summed E-state index contributed by atoms with van der Waals surface area (Å²) in [4.78, 5) is 24.3. The predicted molar refractivity (Wildman–Crippen MR) is 127 cm³/mol. The van der Waals surface area contributed by atoms with Crippen molar-refractivity contribution >= 4 is 39.6 Å². The summed E-state index contributed by atoms with van der Waals surface area (Å²) in [6.07, 6.45) is 1.51. The number of halogens is 1. The first-order chi connectivity index (χ1) is 15.4. The molecule has 0 aliphatic rings. The van der Waals surface area contributed by atoms with E-state index in [4.69, 9.17) is 9.47 Å². The summed E-state index contributed by atoms with van der Waals surface area (Å²) >= 11 is 3.43. The molecule has 0 atom stereocenters. The molecule has 0 fully saturated rings. The summed E-state index contributed by atoms with van der Waals surface area (Å²) in [7, 11) is 1.54. The average Bonchev–Trinajstić information content (AvgIpc) is 2.80. The van der Waals surface area contributed by atoms with Gasteiger partial charge in [0.05, 0.1) is 17.8 Å². The molecule has 2 amide bonds. The third-order valence-corrected chi connectivity index (χ3v) is 4.98. The minimum atomic E-state index is -0.348. The second-order valence-electron chi connectivity index (χ2n) is 6.82. The van der Waals surface area contributed by atoms with Crippen LogP contribution < -0.4 is 20.2 Å². The molecule has 0 unspecified atom stereocenters. The highest BCUT2D eigenvalue weighted by Crippen LogP contribution is 2.25. The lowest BCUT2D eigenvalue weighted by Gasteiger charge is -2.09. The molecule has 0 heterocycles. The Morgan fingerprint density at radius 2 is 1.84 bits per heavy atom. The molecule has 2 N–H and O–H groups in total. The molecule has 0 spiro atoms. The maximum Gasteiger partial charge on any atom is 0.271 e. The van der Waals surface area contributed by atoms with Gasteiger partial charge in [0, 0.05) is 11.3 Å².